The Labute approximate surface area is 182 Å². The van der Waals surface area contributed by atoms with Gasteiger partial charge in [0, 0.05) is 11.4 Å². The van der Waals surface area contributed by atoms with E-state index in [2.05, 4.69) is 16.0 Å². The molecule has 1 aromatic heterocycles. The summed E-state index contributed by atoms with van der Waals surface area (Å²) < 4.78 is 15.6. The Morgan fingerprint density at radius 2 is 1.61 bits per heavy atom. The zero-order valence-corrected chi connectivity index (χ0v) is 17.9. The molecule has 0 aliphatic heterocycles. The molecule has 0 saturated heterocycles. The smallest absolute Gasteiger partial charge is 0.253 e. The Morgan fingerprint density at radius 1 is 0.903 bits per heavy atom. The van der Waals surface area contributed by atoms with Gasteiger partial charge < -0.3 is 9.88 Å². The summed E-state index contributed by atoms with van der Waals surface area (Å²) in [5.74, 6) is -0.424. The number of hydrogen-bond acceptors (Lipinski definition) is 1. The van der Waals surface area contributed by atoms with Crippen molar-refractivity contribution in [2.24, 2.45) is 0 Å². The van der Waals surface area contributed by atoms with Crippen molar-refractivity contribution in [1.82, 2.24) is 9.88 Å². The fourth-order valence-electron chi connectivity index (χ4n) is 3.87. The second kappa shape index (κ2) is 8.60. The molecular weight excluding hydrogens is 387 g/mol. The monoisotopic (exact) mass is 412 g/mol. The van der Waals surface area contributed by atoms with Gasteiger partial charge >= 0.3 is 0 Å². The second-order valence-electron chi connectivity index (χ2n) is 7.82. The Kier molecular flexibility index (Phi) is 5.72. The number of hydrogen-bond donors (Lipinski definition) is 1. The van der Waals surface area contributed by atoms with Gasteiger partial charge in [-0.05, 0) is 79.9 Å². The van der Waals surface area contributed by atoms with E-state index in [1.54, 1.807) is 12.1 Å². The predicted molar refractivity (Wildman–Crippen MR) is 123 cm³/mol. The fraction of sp³-hybridized carbons (Fsp3) is 0.148. The van der Waals surface area contributed by atoms with E-state index in [1.165, 1.54) is 12.1 Å². The van der Waals surface area contributed by atoms with Crippen LogP contribution < -0.4 is 5.32 Å². The summed E-state index contributed by atoms with van der Waals surface area (Å²) in [6.07, 6.45) is 0. The van der Waals surface area contributed by atoms with Crippen LogP contribution in [-0.2, 0) is 0 Å². The molecule has 1 amide bonds. The van der Waals surface area contributed by atoms with Crippen molar-refractivity contribution in [3.8, 4) is 16.9 Å². The number of carbonyl (C=O) groups is 1. The minimum Gasteiger partial charge on any atom is -0.345 e. The molecule has 0 fully saturated rings. The van der Waals surface area contributed by atoms with Gasteiger partial charge in [-0.1, -0.05) is 42.5 Å². The molecule has 0 saturated carbocycles. The molecule has 3 aromatic carbocycles. The number of benzene rings is 3. The summed E-state index contributed by atoms with van der Waals surface area (Å²) in [6.45, 7) is 5.95. The zero-order valence-electron chi connectivity index (χ0n) is 17.9. The van der Waals surface area contributed by atoms with Crippen LogP contribution in [0.2, 0.25) is 0 Å². The number of aryl methyl sites for hydroxylation is 1. The van der Waals surface area contributed by atoms with Crippen molar-refractivity contribution in [3.63, 3.8) is 0 Å². The number of nitrogens with zero attached hydrogens (tertiary/aromatic N) is 1. The van der Waals surface area contributed by atoms with Crippen molar-refractivity contribution in [1.29, 1.82) is 0 Å². The van der Waals surface area contributed by atoms with Crippen LogP contribution in [0.15, 0.2) is 84.9 Å². The van der Waals surface area contributed by atoms with Crippen LogP contribution in [0, 0.1) is 19.7 Å². The van der Waals surface area contributed by atoms with E-state index in [4.69, 9.17) is 0 Å². The molecule has 0 bridgehead atoms. The van der Waals surface area contributed by atoms with Gasteiger partial charge in [0.25, 0.3) is 5.91 Å². The third-order valence-electron chi connectivity index (χ3n) is 5.54. The third kappa shape index (κ3) is 4.29. The SMILES string of the molecule is Cc1cccc(-n2c(-c3ccc(F)cc3)cc(C(=O)NC(C)c3ccccc3)c2C)c1. The summed E-state index contributed by atoms with van der Waals surface area (Å²) in [5, 5.41) is 3.11. The molecule has 3 nitrogen and oxygen atoms in total. The molecule has 0 aliphatic rings. The van der Waals surface area contributed by atoms with Crippen LogP contribution in [0.25, 0.3) is 16.9 Å². The summed E-state index contributed by atoms with van der Waals surface area (Å²) >= 11 is 0. The summed E-state index contributed by atoms with van der Waals surface area (Å²) in [5.41, 5.74) is 6.27. The average Bonchev–Trinajstić information content (AvgIpc) is 3.12. The van der Waals surface area contributed by atoms with Crippen molar-refractivity contribution in [2.45, 2.75) is 26.8 Å². The van der Waals surface area contributed by atoms with Crippen LogP contribution >= 0.6 is 0 Å². The standard InChI is InChI=1S/C27H25FN2O/c1-18-8-7-11-24(16-18)30-20(3)25(17-26(30)22-12-14-23(28)15-13-22)27(31)29-19(2)21-9-5-4-6-10-21/h4-17,19H,1-3H3,(H,29,31). The highest BCUT2D eigenvalue weighted by atomic mass is 19.1. The molecule has 4 aromatic rings. The maximum atomic E-state index is 13.5. The molecule has 0 aliphatic carbocycles. The molecule has 1 heterocycles. The first-order valence-corrected chi connectivity index (χ1v) is 10.3. The van der Waals surface area contributed by atoms with Crippen molar-refractivity contribution in [3.05, 3.63) is 113 Å². The van der Waals surface area contributed by atoms with E-state index in [-0.39, 0.29) is 17.8 Å². The van der Waals surface area contributed by atoms with Gasteiger partial charge in [0.2, 0.25) is 0 Å². The highest BCUT2D eigenvalue weighted by Gasteiger charge is 2.21. The quantitative estimate of drug-likeness (QED) is 0.405. The normalized spacial score (nSPS) is 11.9. The first-order valence-electron chi connectivity index (χ1n) is 10.3. The number of nitrogens with one attached hydrogen (secondary N) is 1. The van der Waals surface area contributed by atoms with Crippen molar-refractivity contribution >= 4 is 5.91 Å². The van der Waals surface area contributed by atoms with Gasteiger partial charge in [0.15, 0.2) is 0 Å². The Morgan fingerprint density at radius 3 is 2.29 bits per heavy atom. The molecule has 156 valence electrons. The Balaban J connectivity index is 1.77. The number of amides is 1. The van der Waals surface area contributed by atoms with Crippen LogP contribution in [0.4, 0.5) is 4.39 Å². The Bertz CT molecular complexity index is 1210. The van der Waals surface area contributed by atoms with Gasteiger partial charge in [-0.3, -0.25) is 4.79 Å². The maximum absolute atomic E-state index is 13.5. The van der Waals surface area contributed by atoms with Crippen molar-refractivity contribution < 1.29 is 9.18 Å². The highest BCUT2D eigenvalue weighted by molar-refractivity contribution is 5.97. The van der Waals surface area contributed by atoms with Gasteiger partial charge in [0.05, 0.1) is 17.3 Å². The topological polar surface area (TPSA) is 34.0 Å². The van der Waals surface area contributed by atoms with Gasteiger partial charge in [-0.25, -0.2) is 4.39 Å². The van der Waals surface area contributed by atoms with Gasteiger partial charge in [-0.15, -0.1) is 0 Å². The molecular formula is C27H25FN2O. The van der Waals surface area contributed by atoms with Gasteiger partial charge in [-0.2, -0.15) is 0 Å². The second-order valence-corrected chi connectivity index (χ2v) is 7.82. The van der Waals surface area contributed by atoms with Crippen LogP contribution in [-0.4, -0.2) is 10.5 Å². The molecule has 31 heavy (non-hydrogen) atoms. The lowest BCUT2D eigenvalue weighted by atomic mass is 10.1. The molecule has 1 unspecified atom stereocenters. The maximum Gasteiger partial charge on any atom is 0.253 e. The van der Waals surface area contributed by atoms with Crippen LogP contribution in [0.3, 0.4) is 0 Å². The molecule has 4 rings (SSSR count). The largest absolute Gasteiger partial charge is 0.345 e. The molecule has 1 atom stereocenters. The lowest BCUT2D eigenvalue weighted by Gasteiger charge is -2.15. The van der Waals surface area contributed by atoms with E-state index in [0.29, 0.717) is 5.56 Å². The fourth-order valence-corrected chi connectivity index (χ4v) is 3.87. The number of rotatable bonds is 5. The molecule has 0 spiro atoms. The number of halogens is 1. The number of aromatic nitrogens is 1. The summed E-state index contributed by atoms with van der Waals surface area (Å²) in [4.78, 5) is 13.2. The highest BCUT2D eigenvalue weighted by Crippen LogP contribution is 2.30. The van der Waals surface area contributed by atoms with Crippen molar-refractivity contribution in [2.75, 3.05) is 0 Å². The van der Waals surface area contributed by atoms with Crippen LogP contribution in [0.1, 0.15) is 40.1 Å². The minimum atomic E-state index is -0.288. The van der Waals surface area contributed by atoms with Gasteiger partial charge in [0.1, 0.15) is 5.82 Å². The number of carbonyl (C=O) groups excluding carboxylic acids is 1. The van der Waals surface area contributed by atoms with E-state index in [1.807, 2.05) is 75.4 Å². The minimum absolute atomic E-state index is 0.121. The lowest BCUT2D eigenvalue weighted by molar-refractivity contribution is 0.0939. The lowest BCUT2D eigenvalue weighted by Crippen LogP contribution is -2.27. The predicted octanol–water partition coefficient (Wildman–Crippen LogP) is 6.39. The van der Waals surface area contributed by atoms with E-state index < -0.39 is 0 Å². The average molecular weight is 413 g/mol. The molecule has 1 N–H and O–H groups in total. The Hall–Kier alpha value is -3.66. The first kappa shape index (κ1) is 20.6. The summed E-state index contributed by atoms with van der Waals surface area (Å²) in [6, 6.07) is 26.1. The third-order valence-corrected chi connectivity index (χ3v) is 5.54. The molecule has 0 radical (unpaired) electrons. The zero-order chi connectivity index (χ0) is 22.0. The van der Waals surface area contributed by atoms with E-state index in [9.17, 15) is 9.18 Å². The van der Waals surface area contributed by atoms with E-state index >= 15 is 0 Å². The summed E-state index contributed by atoms with van der Waals surface area (Å²) in [7, 11) is 0. The van der Waals surface area contributed by atoms with E-state index in [0.717, 1.165) is 33.8 Å². The van der Waals surface area contributed by atoms with Crippen LogP contribution in [0.5, 0.6) is 0 Å². The first-order chi connectivity index (χ1) is 14.9. The molecule has 4 heteroatoms.